The number of hydrogen-bond acceptors (Lipinski definition) is 7. The van der Waals surface area contributed by atoms with Crippen LogP contribution in [0, 0.1) is 0 Å². The van der Waals surface area contributed by atoms with E-state index in [4.69, 9.17) is 14.2 Å². The molecule has 0 N–H and O–H groups in total. The van der Waals surface area contributed by atoms with E-state index >= 15 is 0 Å². The molecule has 0 unspecified atom stereocenters. The third-order valence-corrected chi connectivity index (χ3v) is 4.47. The molecule has 0 bridgehead atoms. The van der Waals surface area contributed by atoms with Crippen LogP contribution >= 0.6 is 0 Å². The smallest absolute Gasteiger partial charge is 0.428 e. The first-order valence-electron chi connectivity index (χ1n) is 8.87. The van der Waals surface area contributed by atoms with Crippen LogP contribution in [0.5, 0.6) is 0 Å². The molecule has 1 aromatic heterocycles. The summed E-state index contributed by atoms with van der Waals surface area (Å²) in [6.07, 6.45) is 1.00. The lowest BCUT2D eigenvalue weighted by atomic mass is 10.1. The van der Waals surface area contributed by atoms with Gasteiger partial charge in [-0.15, -0.1) is 0 Å². The largest absolute Gasteiger partial charge is 0.511 e. The Morgan fingerprint density at radius 2 is 1.93 bits per heavy atom. The van der Waals surface area contributed by atoms with E-state index in [1.165, 1.54) is 4.57 Å². The molecule has 2 heterocycles. The minimum absolute atomic E-state index is 0.161. The van der Waals surface area contributed by atoms with Gasteiger partial charge in [-0.25, -0.2) is 9.59 Å². The van der Waals surface area contributed by atoms with Gasteiger partial charge in [0.05, 0.1) is 5.52 Å². The number of aromatic nitrogens is 1. The highest BCUT2D eigenvalue weighted by atomic mass is 16.8. The van der Waals surface area contributed by atoms with Crippen molar-refractivity contribution in [2.75, 3.05) is 47.6 Å². The molecule has 1 fully saturated rings. The predicted molar refractivity (Wildman–Crippen MR) is 99.8 cm³/mol. The van der Waals surface area contributed by atoms with E-state index in [2.05, 4.69) is 4.90 Å². The number of hydrogen-bond donors (Lipinski definition) is 0. The van der Waals surface area contributed by atoms with Crippen molar-refractivity contribution < 1.29 is 23.8 Å². The summed E-state index contributed by atoms with van der Waals surface area (Å²) < 4.78 is 16.4. The first kappa shape index (κ1) is 19.2. The van der Waals surface area contributed by atoms with Crippen LogP contribution in [0.15, 0.2) is 30.5 Å². The van der Waals surface area contributed by atoms with E-state index in [9.17, 15) is 9.59 Å². The predicted octanol–water partition coefficient (Wildman–Crippen LogP) is 2.15. The Bertz CT molecular complexity index is 811. The van der Waals surface area contributed by atoms with Gasteiger partial charge in [-0.3, -0.25) is 9.47 Å². The quantitative estimate of drug-likeness (QED) is 0.566. The van der Waals surface area contributed by atoms with Crippen molar-refractivity contribution in [1.82, 2.24) is 14.4 Å². The lowest BCUT2D eigenvalue weighted by Gasteiger charge is -2.34. The number of para-hydroxylation sites is 1. The number of likely N-dealkylation sites (N-methyl/N-ethyl adjacent to an activating group) is 2. The monoisotopic (exact) mass is 375 g/mol. The molecule has 8 heteroatoms. The van der Waals surface area contributed by atoms with Crippen LogP contribution < -0.4 is 0 Å². The van der Waals surface area contributed by atoms with E-state index in [1.807, 2.05) is 50.3 Å². The Balaban J connectivity index is 1.57. The van der Waals surface area contributed by atoms with Crippen molar-refractivity contribution >= 4 is 23.2 Å². The molecule has 0 atom stereocenters. The Morgan fingerprint density at radius 1 is 1.19 bits per heavy atom. The lowest BCUT2D eigenvalue weighted by Crippen LogP contribution is -2.50. The molecule has 0 radical (unpaired) electrons. The van der Waals surface area contributed by atoms with Crippen LogP contribution in [0.1, 0.15) is 5.56 Å². The minimum atomic E-state index is -0.829. The Morgan fingerprint density at radius 3 is 2.63 bits per heavy atom. The van der Waals surface area contributed by atoms with Crippen molar-refractivity contribution in [3.8, 4) is 0 Å². The van der Waals surface area contributed by atoms with E-state index in [0.717, 1.165) is 29.4 Å². The average molecular weight is 375 g/mol. The molecule has 1 aliphatic heterocycles. The summed E-state index contributed by atoms with van der Waals surface area (Å²) in [6.45, 7) is 1.74. The van der Waals surface area contributed by atoms with Gasteiger partial charge in [-0.05, 0) is 39.2 Å². The van der Waals surface area contributed by atoms with E-state index in [0.29, 0.717) is 13.1 Å². The molecular formula is C19H25N3O5. The van der Waals surface area contributed by atoms with Gasteiger partial charge in [0.15, 0.2) is 0 Å². The number of carbonyl (C=O) groups excluding carboxylic acids is 2. The van der Waals surface area contributed by atoms with Gasteiger partial charge in [0.1, 0.15) is 6.10 Å². The maximum atomic E-state index is 12.4. The number of rotatable bonds is 6. The standard InChI is InChI=1S/C19H25N3O5/c1-20(2)9-8-14-10-22(17-7-5-4-6-16(14)17)18(23)25-13-26-19(24)27-15-11-21(3)12-15/h4-7,10,15H,8-9,11-13H2,1-3H3. The van der Waals surface area contributed by atoms with Crippen molar-refractivity contribution in [3.05, 3.63) is 36.0 Å². The summed E-state index contributed by atoms with van der Waals surface area (Å²) in [5.41, 5.74) is 1.82. The fraction of sp³-hybridized carbons (Fsp3) is 0.474. The zero-order valence-electron chi connectivity index (χ0n) is 15.9. The number of carbonyl (C=O) groups is 2. The van der Waals surface area contributed by atoms with Crippen LogP contribution in [0.4, 0.5) is 9.59 Å². The van der Waals surface area contributed by atoms with E-state index in [1.54, 1.807) is 6.20 Å². The second kappa shape index (κ2) is 8.41. The molecular weight excluding hydrogens is 350 g/mol. The molecule has 27 heavy (non-hydrogen) atoms. The fourth-order valence-electron chi connectivity index (χ4n) is 3.03. The Labute approximate surface area is 158 Å². The number of fused-ring (bicyclic) bond motifs is 1. The van der Waals surface area contributed by atoms with Gasteiger partial charge in [0, 0.05) is 31.2 Å². The van der Waals surface area contributed by atoms with Crippen molar-refractivity contribution in [2.24, 2.45) is 0 Å². The number of benzene rings is 1. The molecule has 0 spiro atoms. The summed E-state index contributed by atoms with van der Waals surface area (Å²) in [5.74, 6) is 0. The van der Waals surface area contributed by atoms with Crippen LogP contribution in [0.3, 0.4) is 0 Å². The summed E-state index contributed by atoms with van der Waals surface area (Å²) in [7, 11) is 5.94. The zero-order valence-corrected chi connectivity index (χ0v) is 15.9. The molecule has 0 aliphatic carbocycles. The molecule has 0 saturated carbocycles. The van der Waals surface area contributed by atoms with Gasteiger partial charge in [-0.2, -0.15) is 0 Å². The number of nitrogens with zero attached hydrogens (tertiary/aromatic N) is 3. The molecule has 2 aromatic rings. The van der Waals surface area contributed by atoms with E-state index < -0.39 is 19.0 Å². The maximum absolute atomic E-state index is 12.4. The number of likely N-dealkylation sites (tertiary alicyclic amines) is 1. The summed E-state index contributed by atoms with van der Waals surface area (Å²) in [6, 6.07) is 7.64. The minimum Gasteiger partial charge on any atom is -0.428 e. The van der Waals surface area contributed by atoms with Crippen LogP contribution in [0.25, 0.3) is 10.9 Å². The SMILES string of the molecule is CN(C)CCc1cn(C(=O)OCOC(=O)OC2CN(C)C2)c2ccccc12. The van der Waals surface area contributed by atoms with Gasteiger partial charge in [-0.1, -0.05) is 18.2 Å². The topological polar surface area (TPSA) is 73.2 Å². The average Bonchev–Trinajstić information content (AvgIpc) is 2.97. The molecule has 1 aliphatic rings. The first-order valence-corrected chi connectivity index (χ1v) is 8.87. The van der Waals surface area contributed by atoms with Crippen LogP contribution in [0.2, 0.25) is 0 Å². The first-order chi connectivity index (χ1) is 12.9. The second-order valence-electron chi connectivity index (χ2n) is 6.98. The lowest BCUT2D eigenvalue weighted by molar-refractivity contribution is -0.0610. The summed E-state index contributed by atoms with van der Waals surface area (Å²) >= 11 is 0. The van der Waals surface area contributed by atoms with Gasteiger partial charge in [0.2, 0.25) is 6.79 Å². The van der Waals surface area contributed by atoms with Gasteiger partial charge >= 0.3 is 12.2 Å². The maximum Gasteiger partial charge on any atom is 0.511 e. The fourth-order valence-corrected chi connectivity index (χ4v) is 3.03. The molecule has 3 rings (SSSR count). The molecule has 8 nitrogen and oxygen atoms in total. The highest BCUT2D eigenvalue weighted by molar-refractivity contribution is 5.92. The summed E-state index contributed by atoms with van der Waals surface area (Å²) in [4.78, 5) is 28.1. The molecule has 0 amide bonds. The zero-order chi connectivity index (χ0) is 19.4. The molecule has 1 aromatic carbocycles. The van der Waals surface area contributed by atoms with Gasteiger partial charge in [0.25, 0.3) is 0 Å². The number of ether oxygens (including phenoxy) is 3. The van der Waals surface area contributed by atoms with E-state index in [-0.39, 0.29) is 6.10 Å². The normalized spacial score (nSPS) is 15.0. The third-order valence-electron chi connectivity index (χ3n) is 4.47. The highest BCUT2D eigenvalue weighted by Gasteiger charge is 2.27. The molecule has 1 saturated heterocycles. The van der Waals surface area contributed by atoms with Crippen LogP contribution in [-0.2, 0) is 20.6 Å². The highest BCUT2D eigenvalue weighted by Crippen LogP contribution is 2.22. The van der Waals surface area contributed by atoms with Gasteiger partial charge < -0.3 is 19.1 Å². The molecule has 146 valence electrons. The van der Waals surface area contributed by atoms with Crippen LogP contribution in [-0.4, -0.2) is 80.3 Å². The van der Waals surface area contributed by atoms with Crippen molar-refractivity contribution in [2.45, 2.75) is 12.5 Å². The summed E-state index contributed by atoms with van der Waals surface area (Å²) in [5, 5.41) is 1.01. The van der Waals surface area contributed by atoms with Crippen molar-refractivity contribution in [1.29, 1.82) is 0 Å². The van der Waals surface area contributed by atoms with Crippen molar-refractivity contribution in [3.63, 3.8) is 0 Å². The Kier molecular flexibility index (Phi) is 5.98. The third kappa shape index (κ3) is 4.78. The Hall–Kier alpha value is -2.58. The second-order valence-corrected chi connectivity index (χ2v) is 6.98.